The Labute approximate surface area is 150 Å². The van der Waals surface area contributed by atoms with E-state index in [1.807, 2.05) is 0 Å². The van der Waals surface area contributed by atoms with Crippen LogP contribution < -0.4 is 0 Å². The monoisotopic (exact) mass is 336 g/mol. The van der Waals surface area contributed by atoms with Gasteiger partial charge in [-0.3, -0.25) is 4.79 Å². The summed E-state index contributed by atoms with van der Waals surface area (Å²) in [5.74, 6) is 2.77. The Morgan fingerprint density at radius 3 is 2.33 bits per heavy atom. The first-order chi connectivity index (χ1) is 11.7. The second-order valence-corrected chi connectivity index (χ2v) is 8.42. The minimum absolute atomic E-state index is 0.0436. The van der Waals surface area contributed by atoms with Gasteiger partial charge in [0, 0.05) is 6.42 Å². The maximum atomic E-state index is 11.9. The van der Waals surface area contributed by atoms with Crippen LogP contribution >= 0.6 is 0 Å². The molecule has 2 rings (SSSR count). The summed E-state index contributed by atoms with van der Waals surface area (Å²) in [5.41, 5.74) is 0. The van der Waals surface area contributed by atoms with Crippen LogP contribution in [0.4, 0.5) is 0 Å². The molecule has 140 valence electrons. The Hall–Kier alpha value is -0.530. The molecule has 2 saturated carbocycles. The summed E-state index contributed by atoms with van der Waals surface area (Å²) >= 11 is 0. The van der Waals surface area contributed by atoms with E-state index in [9.17, 15) is 4.79 Å². The van der Waals surface area contributed by atoms with Crippen molar-refractivity contribution in [2.75, 3.05) is 0 Å². The number of carbonyl (C=O) groups is 1. The Morgan fingerprint density at radius 1 is 0.875 bits per heavy atom. The van der Waals surface area contributed by atoms with Gasteiger partial charge in [0.25, 0.3) is 0 Å². The van der Waals surface area contributed by atoms with Gasteiger partial charge in [0.05, 0.1) is 0 Å². The average Bonchev–Trinajstić information content (AvgIpc) is 2.61. The van der Waals surface area contributed by atoms with Crippen molar-refractivity contribution < 1.29 is 9.53 Å². The van der Waals surface area contributed by atoms with Gasteiger partial charge in [0.2, 0.25) is 0 Å². The summed E-state index contributed by atoms with van der Waals surface area (Å²) in [6, 6.07) is 0. The van der Waals surface area contributed by atoms with E-state index in [0.717, 1.165) is 43.4 Å². The Morgan fingerprint density at radius 2 is 1.62 bits per heavy atom. The molecule has 2 nitrogen and oxygen atoms in total. The molecule has 2 aliphatic rings. The predicted molar refractivity (Wildman–Crippen MR) is 101 cm³/mol. The summed E-state index contributed by atoms with van der Waals surface area (Å²) < 4.78 is 5.76. The van der Waals surface area contributed by atoms with Gasteiger partial charge >= 0.3 is 5.97 Å². The van der Waals surface area contributed by atoms with Gasteiger partial charge in [0.1, 0.15) is 6.10 Å². The maximum Gasteiger partial charge on any atom is 0.306 e. The van der Waals surface area contributed by atoms with Crippen molar-refractivity contribution in [1.82, 2.24) is 0 Å². The van der Waals surface area contributed by atoms with Gasteiger partial charge in [-0.1, -0.05) is 58.8 Å². The highest BCUT2D eigenvalue weighted by Gasteiger charge is 2.32. The van der Waals surface area contributed by atoms with E-state index in [1.165, 1.54) is 64.2 Å². The molecule has 0 aliphatic heterocycles. The lowest BCUT2D eigenvalue weighted by Crippen LogP contribution is -2.31. The van der Waals surface area contributed by atoms with Crippen molar-refractivity contribution in [3.8, 4) is 0 Å². The normalized spacial score (nSPS) is 30.9. The van der Waals surface area contributed by atoms with E-state index in [-0.39, 0.29) is 12.1 Å². The molecule has 0 N–H and O–H groups in total. The minimum Gasteiger partial charge on any atom is -0.462 e. The second kappa shape index (κ2) is 11.2. The van der Waals surface area contributed by atoms with Gasteiger partial charge in [-0.2, -0.15) is 0 Å². The van der Waals surface area contributed by atoms with E-state index < -0.39 is 0 Å². The van der Waals surface area contributed by atoms with Crippen molar-refractivity contribution in [1.29, 1.82) is 0 Å². The molecule has 2 atom stereocenters. The van der Waals surface area contributed by atoms with E-state index in [2.05, 4.69) is 13.8 Å². The van der Waals surface area contributed by atoms with Crippen molar-refractivity contribution in [2.45, 2.75) is 116 Å². The smallest absolute Gasteiger partial charge is 0.306 e. The van der Waals surface area contributed by atoms with Crippen LogP contribution in [0.1, 0.15) is 110 Å². The van der Waals surface area contributed by atoms with Crippen LogP contribution in [0.5, 0.6) is 0 Å². The number of unbranched alkanes of at least 4 members (excludes halogenated alkanes) is 3. The zero-order chi connectivity index (χ0) is 17.2. The first-order valence-electron chi connectivity index (χ1n) is 10.9. The maximum absolute atomic E-state index is 11.9. The first kappa shape index (κ1) is 19.8. The summed E-state index contributed by atoms with van der Waals surface area (Å²) in [4.78, 5) is 11.9. The van der Waals surface area contributed by atoms with Gasteiger partial charge < -0.3 is 4.74 Å². The number of hydrogen-bond acceptors (Lipinski definition) is 2. The van der Waals surface area contributed by atoms with Gasteiger partial charge in [-0.15, -0.1) is 0 Å². The molecule has 2 aliphatic carbocycles. The van der Waals surface area contributed by atoms with Crippen LogP contribution in [-0.2, 0) is 9.53 Å². The summed E-state index contributed by atoms with van der Waals surface area (Å²) in [5, 5.41) is 0. The summed E-state index contributed by atoms with van der Waals surface area (Å²) in [7, 11) is 0. The summed E-state index contributed by atoms with van der Waals surface area (Å²) in [6.45, 7) is 4.42. The number of hydrogen-bond donors (Lipinski definition) is 0. The molecule has 2 unspecified atom stereocenters. The molecule has 0 saturated heterocycles. The second-order valence-electron chi connectivity index (χ2n) is 8.42. The van der Waals surface area contributed by atoms with Crippen LogP contribution in [0.3, 0.4) is 0 Å². The highest BCUT2D eigenvalue weighted by Crippen LogP contribution is 2.41. The fourth-order valence-electron chi connectivity index (χ4n) is 4.91. The lowest BCUT2D eigenvalue weighted by Gasteiger charge is -2.38. The molecule has 0 radical (unpaired) electrons. The van der Waals surface area contributed by atoms with Crippen LogP contribution in [0.2, 0.25) is 0 Å². The zero-order valence-electron chi connectivity index (χ0n) is 16.2. The quantitative estimate of drug-likeness (QED) is 0.347. The zero-order valence-corrected chi connectivity index (χ0v) is 16.2. The molecule has 0 aromatic carbocycles. The predicted octanol–water partition coefficient (Wildman–Crippen LogP) is 6.67. The van der Waals surface area contributed by atoms with Crippen LogP contribution in [0.25, 0.3) is 0 Å². The van der Waals surface area contributed by atoms with Crippen molar-refractivity contribution in [3.63, 3.8) is 0 Å². The largest absolute Gasteiger partial charge is 0.462 e. The van der Waals surface area contributed by atoms with Crippen molar-refractivity contribution in [2.24, 2.45) is 17.8 Å². The standard InChI is InChI=1S/C22H40O2/c1-3-5-7-9-18-13-15-19(16-14-18)20-10-8-11-21(17-20)24-22(23)12-6-4-2/h18-21H,3-17H2,1-2H3. The minimum atomic E-state index is 0.0436. The van der Waals surface area contributed by atoms with Crippen LogP contribution in [-0.4, -0.2) is 12.1 Å². The van der Waals surface area contributed by atoms with Gasteiger partial charge in [-0.25, -0.2) is 0 Å². The van der Waals surface area contributed by atoms with E-state index in [4.69, 9.17) is 4.74 Å². The van der Waals surface area contributed by atoms with Gasteiger partial charge in [0.15, 0.2) is 0 Å². The highest BCUT2D eigenvalue weighted by molar-refractivity contribution is 5.69. The molecule has 0 heterocycles. The molecule has 0 spiro atoms. The van der Waals surface area contributed by atoms with Crippen molar-refractivity contribution >= 4 is 5.97 Å². The van der Waals surface area contributed by atoms with Gasteiger partial charge in [-0.05, 0) is 62.7 Å². The number of ether oxygens (including phenoxy) is 1. The SMILES string of the molecule is CCCCCC1CCC(C2CCCC(OC(=O)CCCC)C2)CC1. The third-order valence-corrected chi connectivity index (χ3v) is 6.47. The van der Waals surface area contributed by atoms with Crippen LogP contribution in [0, 0.1) is 17.8 Å². The Balaban J connectivity index is 1.68. The molecule has 2 fully saturated rings. The summed E-state index contributed by atoms with van der Waals surface area (Å²) in [6.07, 6.45) is 19.1. The first-order valence-corrected chi connectivity index (χ1v) is 10.9. The molecule has 0 aromatic rings. The molecule has 2 heteroatoms. The number of rotatable bonds is 9. The number of esters is 1. The third kappa shape index (κ3) is 6.76. The fourth-order valence-corrected chi connectivity index (χ4v) is 4.91. The van der Waals surface area contributed by atoms with Crippen LogP contribution in [0.15, 0.2) is 0 Å². The van der Waals surface area contributed by atoms with E-state index in [0.29, 0.717) is 6.42 Å². The molecular weight excluding hydrogens is 296 g/mol. The third-order valence-electron chi connectivity index (χ3n) is 6.47. The Bertz CT molecular complexity index is 344. The van der Waals surface area contributed by atoms with E-state index in [1.54, 1.807) is 0 Å². The topological polar surface area (TPSA) is 26.3 Å². The Kier molecular flexibility index (Phi) is 9.20. The lowest BCUT2D eigenvalue weighted by atomic mass is 9.70. The van der Waals surface area contributed by atoms with E-state index >= 15 is 0 Å². The molecule has 0 aromatic heterocycles. The fraction of sp³-hybridized carbons (Fsp3) is 0.955. The highest BCUT2D eigenvalue weighted by atomic mass is 16.5. The molecule has 0 amide bonds. The molecular formula is C22H40O2. The average molecular weight is 337 g/mol. The lowest BCUT2D eigenvalue weighted by molar-refractivity contribution is -0.151. The molecule has 0 bridgehead atoms. The van der Waals surface area contributed by atoms with Crippen molar-refractivity contribution in [3.05, 3.63) is 0 Å². The number of carbonyl (C=O) groups excluding carboxylic acids is 1. The molecule has 24 heavy (non-hydrogen) atoms.